The third-order valence-electron chi connectivity index (χ3n) is 8.61. The van der Waals surface area contributed by atoms with Gasteiger partial charge >= 0.3 is 0 Å². The molecule has 0 aromatic heterocycles. The van der Waals surface area contributed by atoms with Crippen LogP contribution in [0.2, 0.25) is 0 Å². The van der Waals surface area contributed by atoms with Crippen LogP contribution in [0.5, 0.6) is 0 Å². The van der Waals surface area contributed by atoms with Gasteiger partial charge in [-0.15, -0.1) is 0 Å². The van der Waals surface area contributed by atoms with E-state index in [4.69, 9.17) is 0 Å². The zero-order valence-corrected chi connectivity index (χ0v) is 20.4. The Morgan fingerprint density at radius 3 is 2.54 bits per heavy atom. The van der Waals surface area contributed by atoms with E-state index in [-0.39, 0.29) is 36.5 Å². The molecule has 1 saturated heterocycles. The van der Waals surface area contributed by atoms with E-state index in [1.54, 1.807) is 4.90 Å². The lowest BCUT2D eigenvalue weighted by atomic mass is 9.65. The molecule has 9 heteroatoms. The van der Waals surface area contributed by atoms with Crippen molar-refractivity contribution in [2.24, 2.45) is 5.92 Å². The van der Waals surface area contributed by atoms with Crippen molar-refractivity contribution in [3.05, 3.63) is 34.9 Å². The van der Waals surface area contributed by atoms with Crippen molar-refractivity contribution >= 4 is 25.6 Å². The Labute approximate surface area is 206 Å². The van der Waals surface area contributed by atoms with Gasteiger partial charge in [-0.05, 0) is 67.1 Å². The fourth-order valence-electron chi connectivity index (χ4n) is 6.46. The third kappa shape index (κ3) is 5.15. The third-order valence-corrected chi connectivity index (χ3v) is 8.61. The molecule has 1 aromatic carbocycles. The number of piperidine rings is 1. The molecular formula is C26H34BF2N3O3. The largest absolute Gasteiger partial charge is 0.322 e. The summed E-state index contributed by atoms with van der Waals surface area (Å²) in [5.74, 6) is -2.95. The molecule has 2 saturated carbocycles. The quantitative estimate of drug-likeness (QED) is 0.497. The van der Waals surface area contributed by atoms with Gasteiger partial charge in [0.15, 0.2) is 0 Å². The Morgan fingerprint density at radius 1 is 1.06 bits per heavy atom. The Hall–Kier alpha value is -2.29. The summed E-state index contributed by atoms with van der Waals surface area (Å²) in [6, 6.07) is 5.67. The maximum absolute atomic E-state index is 13.7. The number of nitrogens with one attached hydrogen (secondary N) is 2. The molecule has 3 atom stereocenters. The molecule has 0 spiro atoms. The highest BCUT2D eigenvalue weighted by Gasteiger charge is 2.43. The van der Waals surface area contributed by atoms with Crippen LogP contribution in [0, 0.1) is 5.92 Å². The molecule has 4 aliphatic rings. The molecule has 6 nitrogen and oxygen atoms in total. The van der Waals surface area contributed by atoms with Gasteiger partial charge in [-0.1, -0.05) is 25.0 Å². The number of nitrogens with zero attached hydrogens (tertiary/aromatic N) is 1. The summed E-state index contributed by atoms with van der Waals surface area (Å²) in [7, 11) is 2.10. The average Bonchev–Trinajstić information content (AvgIpc) is 3.13. The van der Waals surface area contributed by atoms with Gasteiger partial charge in [-0.2, -0.15) is 0 Å². The van der Waals surface area contributed by atoms with Crippen LogP contribution < -0.4 is 10.6 Å². The zero-order valence-electron chi connectivity index (χ0n) is 20.4. The van der Waals surface area contributed by atoms with Gasteiger partial charge in [0.25, 0.3) is 5.91 Å². The van der Waals surface area contributed by atoms with Crippen molar-refractivity contribution in [3.8, 4) is 0 Å². The minimum Gasteiger partial charge on any atom is -0.322 e. The number of halogens is 2. The van der Waals surface area contributed by atoms with E-state index in [0.29, 0.717) is 43.3 Å². The molecule has 188 valence electrons. The van der Waals surface area contributed by atoms with E-state index in [0.717, 1.165) is 31.2 Å². The first-order valence-electron chi connectivity index (χ1n) is 13.0. The maximum Gasteiger partial charge on any atom is 0.255 e. The van der Waals surface area contributed by atoms with Gasteiger partial charge in [-0.25, -0.2) is 8.78 Å². The number of hydrogen-bond donors (Lipinski definition) is 2. The van der Waals surface area contributed by atoms with Crippen molar-refractivity contribution in [1.82, 2.24) is 15.5 Å². The molecule has 0 radical (unpaired) electrons. The van der Waals surface area contributed by atoms with Gasteiger partial charge in [0.1, 0.15) is 13.9 Å². The summed E-state index contributed by atoms with van der Waals surface area (Å²) in [6.07, 6.45) is 6.87. The Bertz CT molecular complexity index is 1020. The zero-order chi connectivity index (χ0) is 24.8. The number of benzene rings is 1. The first-order chi connectivity index (χ1) is 16.6. The van der Waals surface area contributed by atoms with Crippen LogP contribution in [0.4, 0.5) is 8.78 Å². The lowest BCUT2D eigenvalue weighted by Crippen LogP contribution is -2.57. The van der Waals surface area contributed by atoms with Crippen molar-refractivity contribution < 1.29 is 23.2 Å². The second-order valence-corrected chi connectivity index (χ2v) is 11.3. The molecule has 2 N–H and O–H groups in total. The molecular weight excluding hydrogens is 451 g/mol. The summed E-state index contributed by atoms with van der Waals surface area (Å²) in [5, 5.41) is 6.14. The molecule has 3 amide bonds. The number of alkyl halides is 2. The Balaban J connectivity index is 1.26. The Morgan fingerprint density at radius 2 is 1.80 bits per heavy atom. The molecule has 2 aliphatic heterocycles. The number of fused-ring (bicyclic) bond motifs is 1. The van der Waals surface area contributed by atoms with Gasteiger partial charge in [0, 0.05) is 37.4 Å². The minimum absolute atomic E-state index is 0.0452. The summed E-state index contributed by atoms with van der Waals surface area (Å²) in [6.45, 7) is 0.382. The molecule has 2 heterocycles. The van der Waals surface area contributed by atoms with E-state index >= 15 is 0 Å². The highest BCUT2D eigenvalue weighted by Crippen LogP contribution is 2.39. The van der Waals surface area contributed by atoms with Crippen LogP contribution in [0.3, 0.4) is 0 Å². The number of imide groups is 1. The molecule has 35 heavy (non-hydrogen) atoms. The second-order valence-electron chi connectivity index (χ2n) is 11.3. The number of carbonyl (C=O) groups excluding carboxylic acids is 3. The second kappa shape index (κ2) is 9.30. The highest BCUT2D eigenvalue weighted by molar-refractivity contribution is 6.15. The van der Waals surface area contributed by atoms with Crippen LogP contribution in [-0.2, 0) is 22.6 Å². The average molecular weight is 485 g/mol. The first kappa shape index (κ1) is 24.4. The molecule has 1 aromatic rings. The van der Waals surface area contributed by atoms with Crippen LogP contribution in [0.1, 0.15) is 85.7 Å². The van der Waals surface area contributed by atoms with E-state index in [9.17, 15) is 23.2 Å². The predicted molar refractivity (Wildman–Crippen MR) is 130 cm³/mol. The van der Waals surface area contributed by atoms with Gasteiger partial charge in [-0.3, -0.25) is 19.7 Å². The molecule has 1 unspecified atom stereocenters. The topological polar surface area (TPSA) is 78.5 Å². The molecule has 5 rings (SSSR count). The van der Waals surface area contributed by atoms with Crippen LogP contribution in [0.15, 0.2) is 18.2 Å². The normalized spacial score (nSPS) is 30.2. The standard InChI is InChI=1S/C26H34BF2N3O3/c27-25(9-11-26(28,29)12-10-25)31-20-4-2-1-3-17(20)13-16-5-6-19-18(14-16)15-32(24(19)35)21-7-8-22(33)30-23(21)34/h5-6,14,17,20-21,31H,1-4,7-13,15,27H2,(H,30,33,34)/t17-,20+,21?/m1/s1. The van der Waals surface area contributed by atoms with Crippen LogP contribution in [0.25, 0.3) is 0 Å². The van der Waals surface area contributed by atoms with Gasteiger partial charge in [0.05, 0.1) is 0 Å². The lowest BCUT2D eigenvalue weighted by Gasteiger charge is -2.44. The van der Waals surface area contributed by atoms with Crippen LogP contribution >= 0.6 is 0 Å². The van der Waals surface area contributed by atoms with Crippen molar-refractivity contribution in [1.29, 1.82) is 0 Å². The van der Waals surface area contributed by atoms with Crippen molar-refractivity contribution in [3.63, 3.8) is 0 Å². The number of hydrogen-bond acceptors (Lipinski definition) is 4. The van der Waals surface area contributed by atoms with Crippen molar-refractivity contribution in [2.45, 2.75) is 101 Å². The predicted octanol–water partition coefficient (Wildman–Crippen LogP) is 2.68. The molecule has 3 fully saturated rings. The molecule has 2 aliphatic carbocycles. The summed E-state index contributed by atoms with van der Waals surface area (Å²) in [4.78, 5) is 38.4. The maximum atomic E-state index is 13.7. The van der Waals surface area contributed by atoms with E-state index in [2.05, 4.69) is 24.5 Å². The molecule has 0 bridgehead atoms. The monoisotopic (exact) mass is 485 g/mol. The summed E-state index contributed by atoms with van der Waals surface area (Å²) >= 11 is 0. The van der Waals surface area contributed by atoms with E-state index < -0.39 is 17.9 Å². The Kier molecular flexibility index (Phi) is 6.49. The van der Waals surface area contributed by atoms with Crippen molar-refractivity contribution in [2.75, 3.05) is 0 Å². The highest BCUT2D eigenvalue weighted by atomic mass is 19.3. The van der Waals surface area contributed by atoms with Crippen LogP contribution in [-0.4, -0.2) is 53.9 Å². The van der Waals surface area contributed by atoms with Gasteiger partial charge < -0.3 is 10.2 Å². The van der Waals surface area contributed by atoms with Gasteiger partial charge in [0.2, 0.25) is 17.7 Å². The SMILES string of the molecule is BC1(N[C@H]2CCCC[C@@H]2Cc2ccc3c(c2)CN(C2CCC(=O)NC2=O)C3=O)CCC(F)(F)CC1. The first-order valence-corrected chi connectivity index (χ1v) is 13.0. The summed E-state index contributed by atoms with van der Waals surface area (Å²) in [5.41, 5.74) is 2.49. The fourth-order valence-corrected chi connectivity index (χ4v) is 6.46. The smallest absolute Gasteiger partial charge is 0.255 e. The fraction of sp³-hybridized carbons (Fsp3) is 0.654. The lowest BCUT2D eigenvalue weighted by molar-refractivity contribution is -0.136. The summed E-state index contributed by atoms with van der Waals surface area (Å²) < 4.78 is 27.4. The minimum atomic E-state index is -2.53. The number of carbonyl (C=O) groups is 3. The number of amides is 3. The van der Waals surface area contributed by atoms with E-state index in [1.165, 1.54) is 12.0 Å². The van der Waals surface area contributed by atoms with E-state index in [1.807, 2.05) is 12.1 Å². The number of rotatable bonds is 5.